The largest absolute Gasteiger partial charge is 0.417 e. The predicted molar refractivity (Wildman–Crippen MR) is 69.9 cm³/mol. The smallest absolute Gasteiger partial charge is 0.381 e. The number of aromatic nitrogens is 1. The summed E-state index contributed by atoms with van der Waals surface area (Å²) in [5.74, 6) is 0.475. The highest BCUT2D eigenvalue weighted by Gasteiger charge is 2.35. The lowest BCUT2D eigenvalue weighted by Gasteiger charge is -2.12. The van der Waals surface area contributed by atoms with Crippen LogP contribution in [-0.2, 0) is 12.6 Å². The summed E-state index contributed by atoms with van der Waals surface area (Å²) in [6.07, 6.45) is -3.94. The SMILES string of the molecule is CC(C)Cc1c(N)noc1-c1ccccc1C(F)(F)F. The van der Waals surface area contributed by atoms with Crippen molar-refractivity contribution < 1.29 is 17.7 Å². The maximum Gasteiger partial charge on any atom is 0.417 e. The van der Waals surface area contributed by atoms with Crippen molar-refractivity contribution >= 4 is 5.82 Å². The van der Waals surface area contributed by atoms with Gasteiger partial charge in [-0.1, -0.05) is 37.2 Å². The first-order valence-electron chi connectivity index (χ1n) is 6.21. The first-order chi connectivity index (χ1) is 9.30. The fourth-order valence-corrected chi connectivity index (χ4v) is 2.07. The van der Waals surface area contributed by atoms with Crippen molar-refractivity contribution in [2.24, 2.45) is 5.92 Å². The van der Waals surface area contributed by atoms with Crippen LogP contribution in [0.4, 0.5) is 19.0 Å². The van der Waals surface area contributed by atoms with E-state index in [1.54, 1.807) is 0 Å². The molecule has 20 heavy (non-hydrogen) atoms. The van der Waals surface area contributed by atoms with Crippen molar-refractivity contribution in [3.63, 3.8) is 0 Å². The Morgan fingerprint density at radius 1 is 1.25 bits per heavy atom. The van der Waals surface area contributed by atoms with Crippen LogP contribution < -0.4 is 5.73 Å². The molecular formula is C14H15F3N2O. The van der Waals surface area contributed by atoms with E-state index in [4.69, 9.17) is 10.3 Å². The van der Waals surface area contributed by atoms with Gasteiger partial charge >= 0.3 is 6.18 Å². The summed E-state index contributed by atoms with van der Waals surface area (Å²) in [5.41, 5.74) is 5.45. The van der Waals surface area contributed by atoms with Crippen molar-refractivity contribution in [1.82, 2.24) is 5.16 Å². The molecule has 0 aliphatic rings. The van der Waals surface area contributed by atoms with E-state index in [0.717, 1.165) is 6.07 Å². The number of nitrogen functional groups attached to an aromatic ring is 1. The molecule has 1 heterocycles. The normalized spacial score (nSPS) is 12.1. The number of alkyl halides is 3. The lowest BCUT2D eigenvalue weighted by atomic mass is 9.97. The van der Waals surface area contributed by atoms with Crippen LogP contribution in [-0.4, -0.2) is 5.16 Å². The number of halogens is 3. The van der Waals surface area contributed by atoms with Crippen LogP contribution in [0.15, 0.2) is 28.8 Å². The van der Waals surface area contributed by atoms with Crippen molar-refractivity contribution in [2.75, 3.05) is 5.73 Å². The van der Waals surface area contributed by atoms with Gasteiger partial charge in [0.1, 0.15) is 0 Å². The molecule has 1 aromatic carbocycles. The average Bonchev–Trinajstić information content (AvgIpc) is 2.69. The van der Waals surface area contributed by atoms with Crippen LogP contribution in [0, 0.1) is 5.92 Å². The van der Waals surface area contributed by atoms with Gasteiger partial charge in [-0.3, -0.25) is 0 Å². The fraction of sp³-hybridized carbons (Fsp3) is 0.357. The predicted octanol–water partition coefficient (Wildman–Crippen LogP) is 4.14. The fourth-order valence-electron chi connectivity index (χ4n) is 2.07. The zero-order valence-electron chi connectivity index (χ0n) is 11.2. The molecule has 0 atom stereocenters. The van der Waals surface area contributed by atoms with Crippen LogP contribution in [0.2, 0.25) is 0 Å². The molecule has 0 amide bonds. The monoisotopic (exact) mass is 284 g/mol. The van der Waals surface area contributed by atoms with E-state index in [1.807, 2.05) is 13.8 Å². The van der Waals surface area contributed by atoms with E-state index in [9.17, 15) is 13.2 Å². The van der Waals surface area contributed by atoms with Gasteiger partial charge in [0, 0.05) is 11.1 Å². The minimum atomic E-state index is -4.45. The summed E-state index contributed by atoms with van der Waals surface area (Å²) in [5, 5.41) is 3.60. The first-order valence-corrected chi connectivity index (χ1v) is 6.21. The number of hydrogen-bond acceptors (Lipinski definition) is 3. The van der Waals surface area contributed by atoms with Gasteiger partial charge in [0.15, 0.2) is 11.6 Å². The van der Waals surface area contributed by atoms with Gasteiger partial charge < -0.3 is 10.3 Å². The van der Waals surface area contributed by atoms with E-state index in [2.05, 4.69) is 5.16 Å². The Hall–Kier alpha value is -1.98. The van der Waals surface area contributed by atoms with Crippen LogP contribution in [0.5, 0.6) is 0 Å². The van der Waals surface area contributed by atoms with Crippen LogP contribution in [0.25, 0.3) is 11.3 Å². The summed E-state index contributed by atoms with van der Waals surface area (Å²) in [6, 6.07) is 5.26. The van der Waals surface area contributed by atoms with Gasteiger partial charge in [-0.2, -0.15) is 13.2 Å². The number of anilines is 1. The molecule has 0 spiro atoms. The summed E-state index contributed by atoms with van der Waals surface area (Å²) < 4.78 is 44.2. The highest BCUT2D eigenvalue weighted by atomic mass is 19.4. The lowest BCUT2D eigenvalue weighted by Crippen LogP contribution is -2.07. The molecule has 0 aliphatic heterocycles. The maximum absolute atomic E-state index is 13.0. The Labute approximate surface area is 114 Å². The Balaban J connectivity index is 2.58. The average molecular weight is 284 g/mol. The molecule has 6 heteroatoms. The van der Waals surface area contributed by atoms with Gasteiger partial charge in [0.05, 0.1) is 5.56 Å². The molecule has 0 aliphatic carbocycles. The molecule has 2 aromatic rings. The second-order valence-electron chi connectivity index (χ2n) is 5.02. The molecule has 0 unspecified atom stereocenters. The summed E-state index contributed by atoms with van der Waals surface area (Å²) >= 11 is 0. The van der Waals surface area contributed by atoms with Crippen molar-refractivity contribution in [1.29, 1.82) is 0 Å². The highest BCUT2D eigenvalue weighted by Crippen LogP contribution is 2.39. The van der Waals surface area contributed by atoms with Crippen LogP contribution in [0.1, 0.15) is 25.0 Å². The Morgan fingerprint density at radius 3 is 2.50 bits per heavy atom. The molecule has 0 bridgehead atoms. The zero-order chi connectivity index (χ0) is 14.9. The second-order valence-corrected chi connectivity index (χ2v) is 5.02. The van der Waals surface area contributed by atoms with Crippen LogP contribution >= 0.6 is 0 Å². The zero-order valence-corrected chi connectivity index (χ0v) is 11.2. The van der Waals surface area contributed by atoms with Gasteiger partial charge in [-0.15, -0.1) is 0 Å². The third-order valence-electron chi connectivity index (χ3n) is 2.91. The molecule has 0 saturated heterocycles. The molecule has 108 valence electrons. The Morgan fingerprint density at radius 2 is 1.90 bits per heavy atom. The number of rotatable bonds is 3. The topological polar surface area (TPSA) is 52.0 Å². The van der Waals surface area contributed by atoms with E-state index in [0.29, 0.717) is 12.0 Å². The number of benzene rings is 1. The quantitative estimate of drug-likeness (QED) is 0.921. The van der Waals surface area contributed by atoms with Gasteiger partial charge in [-0.25, -0.2) is 0 Å². The maximum atomic E-state index is 13.0. The second kappa shape index (κ2) is 5.19. The van der Waals surface area contributed by atoms with Crippen LogP contribution in [0.3, 0.4) is 0 Å². The third-order valence-corrected chi connectivity index (χ3v) is 2.91. The molecule has 2 rings (SSSR count). The highest BCUT2D eigenvalue weighted by molar-refractivity contribution is 5.69. The van der Waals surface area contributed by atoms with Gasteiger partial charge in [-0.05, 0) is 18.4 Å². The standard InChI is InChI=1S/C14H15F3N2O/c1-8(2)7-10-12(20-19-13(10)18)9-5-3-4-6-11(9)14(15,16)17/h3-6,8H,7H2,1-2H3,(H2,18,19). The number of hydrogen-bond donors (Lipinski definition) is 1. The molecule has 0 fully saturated rings. The first kappa shape index (κ1) is 14.4. The van der Waals surface area contributed by atoms with E-state index >= 15 is 0 Å². The van der Waals surface area contributed by atoms with Crippen molar-refractivity contribution in [2.45, 2.75) is 26.4 Å². The molecule has 0 saturated carbocycles. The van der Waals surface area contributed by atoms with E-state index in [1.165, 1.54) is 18.2 Å². The van der Waals surface area contributed by atoms with Crippen molar-refractivity contribution in [3.8, 4) is 11.3 Å². The van der Waals surface area contributed by atoms with Gasteiger partial charge in [0.25, 0.3) is 0 Å². The van der Waals surface area contributed by atoms with E-state index in [-0.39, 0.29) is 23.1 Å². The molecule has 2 N–H and O–H groups in total. The number of nitrogens with zero attached hydrogens (tertiary/aromatic N) is 1. The summed E-state index contributed by atoms with van der Waals surface area (Å²) in [6.45, 7) is 3.90. The summed E-state index contributed by atoms with van der Waals surface area (Å²) in [4.78, 5) is 0. The van der Waals surface area contributed by atoms with Crippen molar-refractivity contribution in [3.05, 3.63) is 35.4 Å². The molecule has 1 aromatic heterocycles. The van der Waals surface area contributed by atoms with E-state index < -0.39 is 11.7 Å². The molecule has 0 radical (unpaired) electrons. The Kier molecular flexibility index (Phi) is 3.74. The third kappa shape index (κ3) is 2.79. The molecular weight excluding hydrogens is 269 g/mol. The lowest BCUT2D eigenvalue weighted by molar-refractivity contribution is -0.137. The minimum Gasteiger partial charge on any atom is -0.381 e. The molecule has 3 nitrogen and oxygen atoms in total. The number of nitrogens with two attached hydrogens (primary N) is 1. The minimum absolute atomic E-state index is 0.0279. The summed E-state index contributed by atoms with van der Waals surface area (Å²) in [7, 11) is 0. The Bertz CT molecular complexity index is 603. The van der Waals surface area contributed by atoms with Gasteiger partial charge in [0.2, 0.25) is 0 Å².